The summed E-state index contributed by atoms with van der Waals surface area (Å²) in [5, 5.41) is 9.14. The van der Waals surface area contributed by atoms with Gasteiger partial charge in [-0.15, -0.1) is 12.4 Å². The molecule has 1 rings (SSSR count). The largest absolute Gasteiger partial charge is 0.480 e. The Hall–Kier alpha value is -1.20. The smallest absolute Gasteiger partial charge is 0.324 e. The Bertz CT molecular complexity index is 443. The normalized spacial score (nSPS) is 13.5. The Morgan fingerprint density at radius 1 is 1.42 bits per heavy atom. The molecule has 1 unspecified atom stereocenters. The van der Waals surface area contributed by atoms with E-state index in [2.05, 4.69) is 0 Å². The van der Waals surface area contributed by atoms with Crippen LogP contribution in [-0.4, -0.2) is 16.6 Å². The lowest BCUT2D eigenvalue weighted by Crippen LogP contribution is -2.50. The Balaban J connectivity index is 0.00000324. The molecular weight excluding hydrogens is 276 g/mol. The molecule has 0 fully saturated rings. The van der Waals surface area contributed by atoms with Crippen molar-refractivity contribution in [1.29, 1.82) is 0 Å². The molecule has 1 atom stereocenters. The predicted molar refractivity (Wildman–Crippen MR) is 71.4 cm³/mol. The zero-order chi connectivity index (χ0) is 13.8. The van der Waals surface area contributed by atoms with E-state index in [0.29, 0.717) is 6.42 Å². The minimum atomic E-state index is -1.55. The maximum atomic E-state index is 13.5. The molecule has 108 valence electrons. The number of nitrogens with two attached hydrogens (primary N) is 1. The molecule has 0 aliphatic rings. The maximum Gasteiger partial charge on any atom is 0.324 e. The van der Waals surface area contributed by atoms with Gasteiger partial charge in [0.05, 0.1) is 0 Å². The van der Waals surface area contributed by atoms with Crippen LogP contribution in [0.2, 0.25) is 0 Å². The fourth-order valence-corrected chi connectivity index (χ4v) is 1.79. The Morgan fingerprint density at radius 3 is 2.58 bits per heavy atom. The van der Waals surface area contributed by atoms with E-state index >= 15 is 0 Å². The van der Waals surface area contributed by atoms with E-state index < -0.39 is 23.1 Å². The number of carboxylic acid groups (broad SMARTS) is 1. The minimum absolute atomic E-state index is 0. The first-order chi connectivity index (χ1) is 8.40. The summed E-state index contributed by atoms with van der Waals surface area (Å²) in [7, 11) is 0. The number of halogens is 3. The highest BCUT2D eigenvalue weighted by molar-refractivity contribution is 5.85. The van der Waals surface area contributed by atoms with E-state index in [-0.39, 0.29) is 30.8 Å². The first-order valence-corrected chi connectivity index (χ1v) is 5.86. The van der Waals surface area contributed by atoms with E-state index in [9.17, 15) is 13.6 Å². The SMILES string of the molecule is CCCCC(N)(Cc1cccc(F)c1F)C(=O)O.Cl. The molecule has 0 aliphatic heterocycles. The lowest BCUT2D eigenvalue weighted by Gasteiger charge is -2.24. The highest BCUT2D eigenvalue weighted by Crippen LogP contribution is 2.21. The lowest BCUT2D eigenvalue weighted by atomic mass is 9.86. The van der Waals surface area contributed by atoms with Crippen LogP contribution in [0.1, 0.15) is 31.7 Å². The van der Waals surface area contributed by atoms with Crippen molar-refractivity contribution < 1.29 is 18.7 Å². The van der Waals surface area contributed by atoms with Crippen LogP contribution in [0.3, 0.4) is 0 Å². The molecule has 1 aromatic carbocycles. The van der Waals surface area contributed by atoms with Crippen LogP contribution in [0.5, 0.6) is 0 Å². The van der Waals surface area contributed by atoms with Gasteiger partial charge < -0.3 is 10.8 Å². The molecule has 0 spiro atoms. The fourth-order valence-electron chi connectivity index (χ4n) is 1.79. The number of benzene rings is 1. The van der Waals surface area contributed by atoms with Gasteiger partial charge in [0.2, 0.25) is 0 Å². The molecule has 0 radical (unpaired) electrons. The minimum Gasteiger partial charge on any atom is -0.480 e. The second-order valence-corrected chi connectivity index (χ2v) is 4.45. The van der Waals surface area contributed by atoms with Crippen LogP contribution in [0.25, 0.3) is 0 Å². The number of hydrogen-bond donors (Lipinski definition) is 2. The lowest BCUT2D eigenvalue weighted by molar-refractivity contribution is -0.143. The van der Waals surface area contributed by atoms with Gasteiger partial charge in [-0.25, -0.2) is 8.78 Å². The van der Waals surface area contributed by atoms with Crippen molar-refractivity contribution in [3.63, 3.8) is 0 Å². The van der Waals surface area contributed by atoms with Gasteiger partial charge in [-0.2, -0.15) is 0 Å². The number of hydrogen-bond acceptors (Lipinski definition) is 2. The molecule has 0 saturated heterocycles. The van der Waals surface area contributed by atoms with Gasteiger partial charge in [-0.3, -0.25) is 4.79 Å². The summed E-state index contributed by atoms with van der Waals surface area (Å²) in [6.07, 6.45) is 1.43. The molecule has 0 bridgehead atoms. The van der Waals surface area contributed by atoms with Crippen LogP contribution >= 0.6 is 12.4 Å². The highest BCUT2D eigenvalue weighted by Gasteiger charge is 2.34. The van der Waals surface area contributed by atoms with Crippen LogP contribution in [0.15, 0.2) is 18.2 Å². The van der Waals surface area contributed by atoms with Gasteiger partial charge in [0, 0.05) is 6.42 Å². The van der Waals surface area contributed by atoms with Crippen molar-refractivity contribution in [2.24, 2.45) is 5.73 Å². The van der Waals surface area contributed by atoms with Crippen molar-refractivity contribution in [1.82, 2.24) is 0 Å². The third kappa shape index (κ3) is 4.44. The van der Waals surface area contributed by atoms with Crippen LogP contribution in [0, 0.1) is 11.6 Å². The Kier molecular flexibility index (Phi) is 6.94. The van der Waals surface area contributed by atoms with Crippen molar-refractivity contribution in [2.75, 3.05) is 0 Å². The van der Waals surface area contributed by atoms with E-state index in [1.165, 1.54) is 12.1 Å². The summed E-state index contributed by atoms with van der Waals surface area (Å²) in [6.45, 7) is 1.91. The topological polar surface area (TPSA) is 63.3 Å². The molecular formula is C13H18ClF2NO2. The molecule has 0 saturated carbocycles. The van der Waals surface area contributed by atoms with Crippen LogP contribution < -0.4 is 5.73 Å². The van der Waals surface area contributed by atoms with Crippen molar-refractivity contribution in [3.8, 4) is 0 Å². The molecule has 3 N–H and O–H groups in total. The number of rotatable bonds is 6. The van der Waals surface area contributed by atoms with Crippen LogP contribution in [0.4, 0.5) is 8.78 Å². The highest BCUT2D eigenvalue weighted by atomic mass is 35.5. The number of carboxylic acids is 1. The second kappa shape index (κ2) is 7.40. The third-order valence-electron chi connectivity index (χ3n) is 2.94. The number of carbonyl (C=O) groups is 1. The molecule has 0 aliphatic carbocycles. The first kappa shape index (κ1) is 17.8. The average Bonchev–Trinajstić information content (AvgIpc) is 2.32. The van der Waals surface area contributed by atoms with Crippen molar-refractivity contribution >= 4 is 18.4 Å². The van der Waals surface area contributed by atoms with E-state index in [1.54, 1.807) is 0 Å². The molecule has 0 aromatic heterocycles. The molecule has 0 heterocycles. The van der Waals surface area contributed by atoms with E-state index in [0.717, 1.165) is 12.5 Å². The maximum absolute atomic E-state index is 13.5. The first-order valence-electron chi connectivity index (χ1n) is 5.86. The zero-order valence-corrected chi connectivity index (χ0v) is 11.5. The third-order valence-corrected chi connectivity index (χ3v) is 2.94. The Morgan fingerprint density at radius 2 is 2.05 bits per heavy atom. The van der Waals surface area contributed by atoms with Gasteiger partial charge in [0.1, 0.15) is 5.54 Å². The predicted octanol–water partition coefficient (Wildman–Crippen LogP) is 2.90. The molecule has 1 aromatic rings. The summed E-state index contributed by atoms with van der Waals surface area (Å²) in [6, 6.07) is 3.69. The Labute approximate surface area is 117 Å². The summed E-state index contributed by atoms with van der Waals surface area (Å²) < 4.78 is 26.5. The van der Waals surface area contributed by atoms with Gasteiger partial charge in [0.15, 0.2) is 11.6 Å². The van der Waals surface area contributed by atoms with Crippen molar-refractivity contribution in [2.45, 2.75) is 38.1 Å². The fraction of sp³-hybridized carbons (Fsp3) is 0.462. The monoisotopic (exact) mass is 293 g/mol. The molecule has 6 heteroatoms. The molecule has 19 heavy (non-hydrogen) atoms. The van der Waals surface area contributed by atoms with E-state index in [4.69, 9.17) is 10.8 Å². The van der Waals surface area contributed by atoms with Gasteiger partial charge in [-0.05, 0) is 18.1 Å². The standard InChI is InChI=1S/C13H17F2NO2.ClH/c1-2-3-7-13(16,12(17)18)8-9-5-4-6-10(14)11(9)15;/h4-6H,2-3,7-8,16H2,1H3,(H,17,18);1H. The summed E-state index contributed by atoms with van der Waals surface area (Å²) >= 11 is 0. The number of unbranched alkanes of at least 4 members (excludes halogenated alkanes) is 1. The second-order valence-electron chi connectivity index (χ2n) is 4.45. The zero-order valence-electron chi connectivity index (χ0n) is 10.7. The summed E-state index contributed by atoms with van der Waals surface area (Å²) in [5.74, 6) is -3.21. The van der Waals surface area contributed by atoms with E-state index in [1.807, 2.05) is 6.92 Å². The quantitative estimate of drug-likeness (QED) is 0.847. The van der Waals surface area contributed by atoms with Crippen molar-refractivity contribution in [3.05, 3.63) is 35.4 Å². The molecule has 0 amide bonds. The van der Waals surface area contributed by atoms with Gasteiger partial charge >= 0.3 is 5.97 Å². The van der Waals surface area contributed by atoms with Gasteiger partial charge in [0.25, 0.3) is 0 Å². The summed E-state index contributed by atoms with van der Waals surface area (Å²) in [4.78, 5) is 11.2. The summed E-state index contributed by atoms with van der Waals surface area (Å²) in [5.41, 5.74) is 4.23. The molecule has 3 nitrogen and oxygen atoms in total. The van der Waals surface area contributed by atoms with Gasteiger partial charge in [-0.1, -0.05) is 31.9 Å². The number of aliphatic carboxylic acids is 1. The van der Waals surface area contributed by atoms with Crippen LogP contribution in [-0.2, 0) is 11.2 Å². The average molecular weight is 294 g/mol.